The predicted molar refractivity (Wildman–Crippen MR) is 101 cm³/mol. The fraction of sp³-hybridized carbons (Fsp3) is 0.333. The number of carbonyl (C=O) groups is 2. The van der Waals surface area contributed by atoms with E-state index in [4.69, 9.17) is 4.74 Å². The fourth-order valence-electron chi connectivity index (χ4n) is 3.01. The number of amides is 2. The summed E-state index contributed by atoms with van der Waals surface area (Å²) in [5.41, 5.74) is 3.36. The van der Waals surface area contributed by atoms with Crippen LogP contribution >= 0.6 is 0 Å². The molecule has 0 bridgehead atoms. The van der Waals surface area contributed by atoms with Crippen molar-refractivity contribution in [2.75, 3.05) is 18.5 Å². The lowest BCUT2D eigenvalue weighted by atomic mass is 10.1. The van der Waals surface area contributed by atoms with Gasteiger partial charge in [-0.2, -0.15) is 0 Å². The summed E-state index contributed by atoms with van der Waals surface area (Å²) in [5.74, 6) is -0.201. The van der Waals surface area contributed by atoms with E-state index in [1.165, 1.54) is 0 Å². The molecule has 0 aromatic heterocycles. The van der Waals surface area contributed by atoms with Crippen LogP contribution in [0.25, 0.3) is 0 Å². The van der Waals surface area contributed by atoms with Gasteiger partial charge in [-0.05, 0) is 55.2 Å². The molecule has 136 valence electrons. The number of nitrogens with one attached hydrogen (secondary N) is 2. The van der Waals surface area contributed by atoms with E-state index >= 15 is 0 Å². The Morgan fingerprint density at radius 1 is 1.12 bits per heavy atom. The second-order valence-corrected chi connectivity index (χ2v) is 6.57. The topological polar surface area (TPSA) is 67.4 Å². The quantitative estimate of drug-likeness (QED) is 0.839. The SMILES string of the molecule is Cc1ccccc1CC(=O)Nc1ccc(C(=O)NC[C@@H]2CCCO2)cc1. The lowest BCUT2D eigenvalue weighted by molar-refractivity contribution is -0.115. The molecule has 1 aliphatic heterocycles. The van der Waals surface area contributed by atoms with Crippen molar-refractivity contribution in [2.45, 2.75) is 32.3 Å². The van der Waals surface area contributed by atoms with E-state index in [0.29, 0.717) is 24.2 Å². The Labute approximate surface area is 153 Å². The van der Waals surface area contributed by atoms with Gasteiger partial charge >= 0.3 is 0 Å². The van der Waals surface area contributed by atoms with E-state index < -0.39 is 0 Å². The zero-order valence-electron chi connectivity index (χ0n) is 15.0. The molecule has 1 aliphatic rings. The van der Waals surface area contributed by atoms with Crippen LogP contribution in [0.15, 0.2) is 48.5 Å². The van der Waals surface area contributed by atoms with Crippen molar-refractivity contribution >= 4 is 17.5 Å². The molecule has 2 amide bonds. The molecule has 2 aromatic carbocycles. The maximum atomic E-state index is 12.2. The smallest absolute Gasteiger partial charge is 0.251 e. The Kier molecular flexibility index (Phi) is 6.02. The van der Waals surface area contributed by atoms with Gasteiger partial charge < -0.3 is 15.4 Å². The third-order valence-electron chi connectivity index (χ3n) is 4.56. The molecule has 2 N–H and O–H groups in total. The van der Waals surface area contributed by atoms with Gasteiger partial charge in [0.15, 0.2) is 0 Å². The Morgan fingerprint density at radius 2 is 1.88 bits per heavy atom. The van der Waals surface area contributed by atoms with Crippen LogP contribution in [0.1, 0.15) is 34.3 Å². The number of rotatable bonds is 6. The Hall–Kier alpha value is -2.66. The zero-order valence-corrected chi connectivity index (χ0v) is 15.0. The largest absolute Gasteiger partial charge is 0.376 e. The maximum absolute atomic E-state index is 12.2. The van der Waals surface area contributed by atoms with Gasteiger partial charge in [-0.15, -0.1) is 0 Å². The highest BCUT2D eigenvalue weighted by Crippen LogP contribution is 2.13. The van der Waals surface area contributed by atoms with E-state index in [1.807, 2.05) is 31.2 Å². The average molecular weight is 352 g/mol. The van der Waals surface area contributed by atoms with Gasteiger partial charge in [0.2, 0.25) is 5.91 Å². The molecule has 26 heavy (non-hydrogen) atoms. The lowest BCUT2D eigenvalue weighted by Gasteiger charge is -2.11. The summed E-state index contributed by atoms with van der Waals surface area (Å²) in [6.07, 6.45) is 2.50. The van der Waals surface area contributed by atoms with Gasteiger partial charge in [0.25, 0.3) is 5.91 Å². The minimum Gasteiger partial charge on any atom is -0.376 e. The minimum absolute atomic E-state index is 0.0742. The van der Waals surface area contributed by atoms with Gasteiger partial charge in [-0.3, -0.25) is 9.59 Å². The molecule has 0 saturated carbocycles. The summed E-state index contributed by atoms with van der Waals surface area (Å²) < 4.78 is 5.50. The van der Waals surface area contributed by atoms with Crippen LogP contribution in [0.5, 0.6) is 0 Å². The van der Waals surface area contributed by atoms with Crippen LogP contribution in [-0.4, -0.2) is 31.1 Å². The number of ether oxygens (including phenoxy) is 1. The Balaban J connectivity index is 1.51. The number of aryl methyl sites for hydroxylation is 1. The second-order valence-electron chi connectivity index (χ2n) is 6.57. The lowest BCUT2D eigenvalue weighted by Crippen LogP contribution is -2.31. The van der Waals surface area contributed by atoms with Crippen LogP contribution in [0, 0.1) is 6.92 Å². The first kappa shape index (κ1) is 18.1. The summed E-state index contributed by atoms with van der Waals surface area (Å²) in [6, 6.07) is 14.8. The highest BCUT2D eigenvalue weighted by atomic mass is 16.5. The van der Waals surface area contributed by atoms with Crippen LogP contribution in [0.4, 0.5) is 5.69 Å². The predicted octanol–water partition coefficient (Wildman–Crippen LogP) is 3.09. The molecule has 1 fully saturated rings. The summed E-state index contributed by atoms with van der Waals surface area (Å²) in [4.78, 5) is 24.4. The van der Waals surface area contributed by atoms with Crippen molar-refractivity contribution in [1.82, 2.24) is 5.32 Å². The highest BCUT2D eigenvalue weighted by Gasteiger charge is 2.16. The Bertz CT molecular complexity index is 765. The molecule has 5 heteroatoms. The van der Waals surface area contributed by atoms with Crippen molar-refractivity contribution < 1.29 is 14.3 Å². The average Bonchev–Trinajstić information content (AvgIpc) is 3.16. The fourth-order valence-corrected chi connectivity index (χ4v) is 3.01. The molecule has 0 spiro atoms. The first-order valence-corrected chi connectivity index (χ1v) is 8.96. The number of hydrogen-bond acceptors (Lipinski definition) is 3. The molecule has 0 radical (unpaired) electrons. The summed E-state index contributed by atoms with van der Waals surface area (Å²) in [5, 5.41) is 5.76. The van der Waals surface area contributed by atoms with Crippen molar-refractivity contribution in [3.63, 3.8) is 0 Å². The summed E-state index contributed by atoms with van der Waals surface area (Å²) >= 11 is 0. The molecule has 0 unspecified atom stereocenters. The second kappa shape index (κ2) is 8.63. The van der Waals surface area contributed by atoms with Crippen LogP contribution in [0.3, 0.4) is 0 Å². The van der Waals surface area contributed by atoms with Crippen molar-refractivity contribution in [1.29, 1.82) is 0 Å². The highest BCUT2D eigenvalue weighted by molar-refractivity contribution is 5.96. The van der Waals surface area contributed by atoms with Gasteiger partial charge in [0.1, 0.15) is 0 Å². The molecule has 1 saturated heterocycles. The summed E-state index contributed by atoms with van der Waals surface area (Å²) in [6.45, 7) is 3.30. The molecule has 1 atom stereocenters. The number of hydrogen-bond donors (Lipinski definition) is 2. The van der Waals surface area contributed by atoms with Crippen LogP contribution in [-0.2, 0) is 16.0 Å². The molecular formula is C21H24N2O3. The first-order chi connectivity index (χ1) is 12.6. The van der Waals surface area contributed by atoms with Crippen molar-refractivity contribution in [3.05, 3.63) is 65.2 Å². The van der Waals surface area contributed by atoms with Crippen LogP contribution in [0.2, 0.25) is 0 Å². The molecular weight excluding hydrogens is 328 g/mol. The standard InChI is InChI=1S/C21H24N2O3/c1-15-5-2-3-6-17(15)13-20(24)23-18-10-8-16(9-11-18)21(25)22-14-19-7-4-12-26-19/h2-3,5-6,8-11,19H,4,7,12-14H2,1H3,(H,22,25)(H,23,24)/t19-/m0/s1. The number of anilines is 1. The van der Waals surface area contributed by atoms with E-state index in [9.17, 15) is 9.59 Å². The first-order valence-electron chi connectivity index (χ1n) is 8.96. The summed E-state index contributed by atoms with van der Waals surface area (Å²) in [7, 11) is 0. The van der Waals surface area contributed by atoms with E-state index in [-0.39, 0.29) is 17.9 Å². The van der Waals surface area contributed by atoms with Gasteiger partial charge in [0.05, 0.1) is 12.5 Å². The van der Waals surface area contributed by atoms with Gasteiger partial charge in [0, 0.05) is 24.4 Å². The van der Waals surface area contributed by atoms with E-state index in [2.05, 4.69) is 10.6 Å². The molecule has 2 aromatic rings. The van der Waals surface area contributed by atoms with Crippen molar-refractivity contribution in [2.24, 2.45) is 0 Å². The molecule has 3 rings (SSSR count). The van der Waals surface area contributed by atoms with E-state index in [0.717, 1.165) is 30.6 Å². The molecule has 0 aliphatic carbocycles. The third kappa shape index (κ3) is 4.92. The number of carbonyl (C=O) groups excluding carboxylic acids is 2. The molecule has 1 heterocycles. The third-order valence-corrected chi connectivity index (χ3v) is 4.56. The van der Waals surface area contributed by atoms with Gasteiger partial charge in [-0.25, -0.2) is 0 Å². The van der Waals surface area contributed by atoms with E-state index in [1.54, 1.807) is 24.3 Å². The van der Waals surface area contributed by atoms with Gasteiger partial charge in [-0.1, -0.05) is 24.3 Å². The number of benzene rings is 2. The minimum atomic E-state index is -0.127. The zero-order chi connectivity index (χ0) is 18.4. The van der Waals surface area contributed by atoms with Crippen LogP contribution < -0.4 is 10.6 Å². The molecule has 5 nitrogen and oxygen atoms in total. The normalized spacial score (nSPS) is 16.3. The Morgan fingerprint density at radius 3 is 2.58 bits per heavy atom. The maximum Gasteiger partial charge on any atom is 0.251 e. The monoisotopic (exact) mass is 352 g/mol. The van der Waals surface area contributed by atoms with Crippen molar-refractivity contribution in [3.8, 4) is 0 Å².